The molecule has 23 heavy (non-hydrogen) atoms. The highest BCUT2D eigenvalue weighted by atomic mass is 32.2. The first-order valence-electron chi connectivity index (χ1n) is 8.50. The third kappa shape index (κ3) is 4.51. The highest BCUT2D eigenvalue weighted by Crippen LogP contribution is 2.25. The number of carbonyl (C=O) groups is 2. The molecule has 0 saturated carbocycles. The van der Waals surface area contributed by atoms with E-state index in [2.05, 4.69) is 0 Å². The molecule has 2 fully saturated rings. The molecule has 2 aliphatic heterocycles. The number of hydrogen-bond donors (Lipinski definition) is 0. The smallest absolute Gasteiger partial charge is 0.250 e. The number of likely N-dealkylation sites (N-methyl/N-ethyl adjacent to an activating group) is 1. The van der Waals surface area contributed by atoms with Gasteiger partial charge in [0.05, 0.1) is 12.5 Å². The Bertz CT molecular complexity index is 461. The monoisotopic (exact) mass is 340 g/mol. The summed E-state index contributed by atoms with van der Waals surface area (Å²) in [5, 5.41) is 0. The zero-order valence-electron chi connectivity index (χ0n) is 14.4. The molecule has 2 saturated heterocycles. The van der Waals surface area contributed by atoms with Crippen molar-refractivity contribution in [2.24, 2.45) is 5.92 Å². The number of amides is 2. The minimum Gasteiger partial charge on any atom is -0.381 e. The Hall–Kier alpha value is -1.01. The van der Waals surface area contributed by atoms with E-state index in [-0.39, 0.29) is 17.9 Å². The molecule has 2 amide bonds. The molecule has 2 unspecified atom stereocenters. The lowest BCUT2D eigenvalue weighted by molar-refractivity contribution is -0.142. The van der Waals surface area contributed by atoms with Crippen molar-refractivity contribution in [1.29, 1.82) is 0 Å². The van der Waals surface area contributed by atoms with Crippen LogP contribution >= 0.6 is 11.8 Å². The molecule has 0 N–H and O–H groups in total. The van der Waals surface area contributed by atoms with Gasteiger partial charge in [-0.25, -0.2) is 0 Å². The van der Waals surface area contributed by atoms with Crippen LogP contribution in [0.25, 0.3) is 0 Å². The van der Waals surface area contributed by atoms with Gasteiger partial charge in [0.25, 0.3) is 5.91 Å². The number of ether oxygens (including phenoxy) is 1. The largest absolute Gasteiger partial charge is 0.381 e. The van der Waals surface area contributed by atoms with E-state index < -0.39 is 0 Å². The summed E-state index contributed by atoms with van der Waals surface area (Å²) in [6.45, 7) is 8.81. The van der Waals surface area contributed by atoms with E-state index >= 15 is 0 Å². The van der Waals surface area contributed by atoms with Crippen LogP contribution in [0.15, 0.2) is 11.6 Å². The van der Waals surface area contributed by atoms with Gasteiger partial charge in [0, 0.05) is 36.9 Å². The van der Waals surface area contributed by atoms with Gasteiger partial charge in [-0.05, 0) is 26.7 Å². The molecule has 0 aliphatic carbocycles. The molecule has 6 heteroatoms. The Morgan fingerprint density at radius 2 is 2.17 bits per heavy atom. The molecular formula is C17H28N2O3S. The Morgan fingerprint density at radius 3 is 2.78 bits per heavy atom. The van der Waals surface area contributed by atoms with Crippen molar-refractivity contribution < 1.29 is 14.3 Å². The average molecular weight is 340 g/mol. The number of nitrogens with zero attached hydrogens (tertiary/aromatic N) is 2. The average Bonchev–Trinajstić information content (AvgIpc) is 3.22. The Kier molecular flexibility index (Phi) is 6.96. The Labute approximate surface area is 143 Å². The van der Waals surface area contributed by atoms with Gasteiger partial charge in [0.2, 0.25) is 5.91 Å². The molecule has 2 aliphatic rings. The molecule has 130 valence electrons. The molecule has 0 aromatic carbocycles. The third-order valence-corrected chi connectivity index (χ3v) is 5.48. The predicted octanol–water partition coefficient (Wildman–Crippen LogP) is 2.13. The Balaban J connectivity index is 2.03. The first kappa shape index (κ1) is 18.3. The number of rotatable bonds is 6. The fourth-order valence-corrected chi connectivity index (χ4v) is 4.24. The summed E-state index contributed by atoms with van der Waals surface area (Å²) in [4.78, 5) is 29.1. The summed E-state index contributed by atoms with van der Waals surface area (Å²) in [5.41, 5.74) is 0.736. The molecule has 2 atom stereocenters. The second kappa shape index (κ2) is 8.73. The highest BCUT2D eigenvalue weighted by Gasteiger charge is 2.37. The van der Waals surface area contributed by atoms with Crippen molar-refractivity contribution in [2.45, 2.75) is 39.7 Å². The van der Waals surface area contributed by atoms with Gasteiger partial charge < -0.3 is 14.5 Å². The summed E-state index contributed by atoms with van der Waals surface area (Å²) in [7, 11) is 0. The van der Waals surface area contributed by atoms with Crippen molar-refractivity contribution >= 4 is 23.6 Å². The van der Waals surface area contributed by atoms with Crippen LogP contribution in [0.2, 0.25) is 0 Å². The van der Waals surface area contributed by atoms with Crippen LogP contribution in [-0.2, 0) is 14.3 Å². The fraction of sp³-hybridized carbons (Fsp3) is 0.765. The lowest BCUT2D eigenvalue weighted by Gasteiger charge is -2.30. The van der Waals surface area contributed by atoms with Crippen molar-refractivity contribution in [3.63, 3.8) is 0 Å². The van der Waals surface area contributed by atoms with Gasteiger partial charge in [-0.15, -0.1) is 11.8 Å². The highest BCUT2D eigenvalue weighted by molar-refractivity contribution is 7.99. The molecule has 0 spiro atoms. The molecule has 2 rings (SSSR count). The van der Waals surface area contributed by atoms with Crippen LogP contribution in [0.1, 0.15) is 33.6 Å². The summed E-state index contributed by atoms with van der Waals surface area (Å²) in [5.74, 6) is 1.81. The van der Waals surface area contributed by atoms with E-state index in [1.54, 1.807) is 16.7 Å². The van der Waals surface area contributed by atoms with Gasteiger partial charge in [-0.2, -0.15) is 0 Å². The number of thioether (sulfide) groups is 1. The normalized spacial score (nSPS) is 25.0. The fourth-order valence-electron chi connectivity index (χ4n) is 3.09. The number of carbonyl (C=O) groups excluding carboxylic acids is 2. The second-order valence-electron chi connectivity index (χ2n) is 6.19. The first-order valence-corrected chi connectivity index (χ1v) is 9.65. The molecule has 0 aromatic heterocycles. The van der Waals surface area contributed by atoms with E-state index in [9.17, 15) is 9.59 Å². The SMILES string of the molecule is CC/C=C(/C)C(=O)N1CSCC1C(=O)N(CC)CC1CCOC1. The molecule has 0 aromatic rings. The van der Waals surface area contributed by atoms with Crippen LogP contribution in [0.3, 0.4) is 0 Å². The van der Waals surface area contributed by atoms with Crippen molar-refractivity contribution in [3.8, 4) is 0 Å². The van der Waals surface area contributed by atoms with Gasteiger partial charge in [0.15, 0.2) is 0 Å². The summed E-state index contributed by atoms with van der Waals surface area (Å²) >= 11 is 1.66. The molecular weight excluding hydrogens is 312 g/mol. The van der Waals surface area contributed by atoms with Crippen molar-refractivity contribution in [3.05, 3.63) is 11.6 Å². The summed E-state index contributed by atoms with van der Waals surface area (Å²) in [6.07, 6.45) is 3.78. The lowest BCUT2D eigenvalue weighted by atomic mass is 10.1. The van der Waals surface area contributed by atoms with Crippen molar-refractivity contribution in [2.75, 3.05) is 37.9 Å². The van der Waals surface area contributed by atoms with E-state index in [1.165, 1.54) is 0 Å². The predicted molar refractivity (Wildman–Crippen MR) is 93.2 cm³/mol. The molecule has 2 heterocycles. The topological polar surface area (TPSA) is 49.9 Å². The Morgan fingerprint density at radius 1 is 1.39 bits per heavy atom. The van der Waals surface area contributed by atoms with Crippen LogP contribution in [0.5, 0.6) is 0 Å². The molecule has 0 radical (unpaired) electrons. The first-order chi connectivity index (χ1) is 11.1. The van der Waals surface area contributed by atoms with Gasteiger partial charge >= 0.3 is 0 Å². The van der Waals surface area contributed by atoms with Crippen LogP contribution in [0, 0.1) is 5.92 Å². The van der Waals surface area contributed by atoms with E-state index in [1.807, 2.05) is 31.7 Å². The van der Waals surface area contributed by atoms with Gasteiger partial charge in [0.1, 0.15) is 6.04 Å². The minimum atomic E-state index is -0.324. The summed E-state index contributed by atoms with van der Waals surface area (Å²) in [6, 6.07) is -0.324. The minimum absolute atomic E-state index is 0.00421. The van der Waals surface area contributed by atoms with E-state index in [4.69, 9.17) is 4.74 Å². The zero-order chi connectivity index (χ0) is 16.8. The lowest BCUT2D eigenvalue weighted by Crippen LogP contribution is -2.50. The maximum absolute atomic E-state index is 12.9. The number of allylic oxidation sites excluding steroid dienone is 1. The van der Waals surface area contributed by atoms with Crippen molar-refractivity contribution in [1.82, 2.24) is 9.80 Å². The van der Waals surface area contributed by atoms with E-state index in [0.717, 1.165) is 38.2 Å². The zero-order valence-corrected chi connectivity index (χ0v) is 15.2. The van der Waals surface area contributed by atoms with Crippen LogP contribution in [0.4, 0.5) is 0 Å². The maximum atomic E-state index is 12.9. The second-order valence-corrected chi connectivity index (χ2v) is 7.19. The standard InChI is InChI=1S/C17H28N2O3S/c1-4-6-13(3)16(20)19-12-23-11-15(19)17(21)18(5-2)9-14-7-8-22-10-14/h6,14-15H,4-5,7-12H2,1-3H3/b13-6-. The van der Waals surface area contributed by atoms with Gasteiger partial charge in [-0.1, -0.05) is 13.0 Å². The maximum Gasteiger partial charge on any atom is 0.250 e. The molecule has 0 bridgehead atoms. The van der Waals surface area contributed by atoms with E-state index in [0.29, 0.717) is 24.1 Å². The quantitative estimate of drug-likeness (QED) is 0.695. The summed E-state index contributed by atoms with van der Waals surface area (Å²) < 4.78 is 5.41. The van der Waals surface area contributed by atoms with Crippen LogP contribution in [-0.4, -0.2) is 65.6 Å². The molecule has 5 nitrogen and oxygen atoms in total. The third-order valence-electron chi connectivity index (χ3n) is 4.47. The van der Waals surface area contributed by atoms with Crippen LogP contribution < -0.4 is 0 Å². The number of hydrogen-bond acceptors (Lipinski definition) is 4. The van der Waals surface area contributed by atoms with Gasteiger partial charge in [-0.3, -0.25) is 9.59 Å².